The molecule has 7 rings (SSSR count). The average Bonchev–Trinajstić information content (AvgIpc) is 3.59. The highest BCUT2D eigenvalue weighted by Gasteiger charge is 2.66. The summed E-state index contributed by atoms with van der Waals surface area (Å²) in [5, 5.41) is 25.3. The number of amides is 3. The molecule has 3 heterocycles. The van der Waals surface area contributed by atoms with Crippen LogP contribution >= 0.6 is 0 Å². The van der Waals surface area contributed by atoms with Crippen molar-refractivity contribution in [3.8, 4) is 5.75 Å². The maximum Gasteiger partial charge on any atom is 0.269 e. The van der Waals surface area contributed by atoms with Gasteiger partial charge < -0.3 is 34.5 Å². The average molecular weight is 765 g/mol. The lowest BCUT2D eigenvalue weighted by Crippen LogP contribution is -2.48. The van der Waals surface area contributed by atoms with Crippen LogP contribution < -0.4 is 15.0 Å². The summed E-state index contributed by atoms with van der Waals surface area (Å²) in [6.45, 7) is 5.43. The van der Waals surface area contributed by atoms with Crippen molar-refractivity contribution in [1.82, 2.24) is 4.90 Å². The fourth-order valence-electron chi connectivity index (χ4n) is 8.74. The predicted molar refractivity (Wildman–Crippen MR) is 207 cm³/mol. The van der Waals surface area contributed by atoms with Crippen LogP contribution in [0.5, 0.6) is 5.75 Å². The highest BCUT2D eigenvalue weighted by molar-refractivity contribution is 6.71. The monoisotopic (exact) mass is 764 g/mol. The van der Waals surface area contributed by atoms with Crippen molar-refractivity contribution in [1.29, 1.82) is 0 Å². The number of carbonyl (C=O) groups excluding carboxylic acids is 3. The van der Waals surface area contributed by atoms with Gasteiger partial charge >= 0.3 is 0 Å². The molecule has 286 valence electrons. The van der Waals surface area contributed by atoms with Gasteiger partial charge in [0, 0.05) is 47.0 Å². The van der Waals surface area contributed by atoms with Crippen LogP contribution in [0.2, 0.25) is 18.6 Å². The molecule has 0 bridgehead atoms. The lowest BCUT2D eigenvalue weighted by Gasteiger charge is -2.37. The molecule has 13 nitrogen and oxygen atoms in total. The van der Waals surface area contributed by atoms with Crippen molar-refractivity contribution in [3.05, 3.63) is 129 Å². The minimum absolute atomic E-state index is 0.0489. The van der Waals surface area contributed by atoms with Gasteiger partial charge in [0.15, 0.2) is 13.9 Å². The van der Waals surface area contributed by atoms with Gasteiger partial charge in [-0.15, -0.1) is 0 Å². The fourth-order valence-corrected chi connectivity index (χ4v) is 11.3. The molecule has 14 heteroatoms. The van der Waals surface area contributed by atoms with Crippen LogP contribution in [0.1, 0.15) is 46.0 Å². The Morgan fingerprint density at radius 3 is 2.44 bits per heavy atom. The Morgan fingerprint density at radius 1 is 1.04 bits per heavy atom. The molecule has 1 fully saturated rings. The van der Waals surface area contributed by atoms with E-state index in [4.69, 9.17) is 9.47 Å². The van der Waals surface area contributed by atoms with Crippen molar-refractivity contribution in [3.63, 3.8) is 0 Å². The smallest absolute Gasteiger partial charge is 0.269 e. The summed E-state index contributed by atoms with van der Waals surface area (Å²) in [4.78, 5) is 68.7. The lowest BCUT2D eigenvalue weighted by molar-refractivity contribution is -0.385. The Balaban J connectivity index is 1.20. The molecule has 3 aliphatic heterocycles. The Hall–Kier alpha value is -5.41. The van der Waals surface area contributed by atoms with Crippen molar-refractivity contribution < 1.29 is 38.7 Å². The van der Waals surface area contributed by atoms with E-state index in [9.17, 15) is 34.4 Å². The number of nitro benzene ring substituents is 1. The van der Waals surface area contributed by atoms with Crippen molar-refractivity contribution in [2.24, 2.45) is 5.92 Å². The molecule has 1 saturated heterocycles. The van der Waals surface area contributed by atoms with E-state index in [2.05, 4.69) is 5.32 Å². The van der Waals surface area contributed by atoms with Gasteiger partial charge in [-0.3, -0.25) is 24.5 Å². The summed E-state index contributed by atoms with van der Waals surface area (Å²) >= 11 is 0. The number of nitrogens with one attached hydrogen (secondary N) is 1. The Kier molecular flexibility index (Phi) is 10.1. The van der Waals surface area contributed by atoms with Gasteiger partial charge in [-0.25, -0.2) is 0 Å². The van der Waals surface area contributed by atoms with Crippen LogP contribution in [0.3, 0.4) is 0 Å². The van der Waals surface area contributed by atoms with E-state index in [0.717, 1.165) is 11.1 Å². The number of aliphatic hydroxyl groups is 1. The maximum atomic E-state index is 15.0. The highest BCUT2D eigenvalue weighted by Crippen LogP contribution is 2.60. The van der Waals surface area contributed by atoms with Crippen molar-refractivity contribution in [2.45, 2.75) is 69.2 Å². The number of fused-ring (bicyclic) bond motifs is 3. The summed E-state index contributed by atoms with van der Waals surface area (Å²) in [7, 11) is -1.63. The summed E-state index contributed by atoms with van der Waals surface area (Å²) in [5.74, 6) is -1.11. The number of anilines is 2. The molecule has 5 atom stereocenters. The summed E-state index contributed by atoms with van der Waals surface area (Å²) < 4.78 is 12.0. The molecular weight excluding hydrogens is 721 g/mol. The third-order valence-corrected chi connectivity index (χ3v) is 13.8. The number of nitrogens with zero attached hydrogens (tertiary/aromatic N) is 3. The van der Waals surface area contributed by atoms with Gasteiger partial charge in [-0.1, -0.05) is 43.3 Å². The summed E-state index contributed by atoms with van der Waals surface area (Å²) in [6, 6.07) is 25.3. The summed E-state index contributed by atoms with van der Waals surface area (Å²) in [6.07, 6.45) is -0.553. The van der Waals surface area contributed by atoms with Crippen LogP contribution in [0, 0.1) is 16.0 Å². The highest BCUT2D eigenvalue weighted by atomic mass is 28.4. The Bertz CT molecular complexity index is 2160. The Morgan fingerprint density at radius 2 is 1.76 bits per heavy atom. The number of hydrogen-bond donors (Lipinski definition) is 3. The van der Waals surface area contributed by atoms with Crippen LogP contribution in [-0.2, 0) is 39.4 Å². The quantitative estimate of drug-likeness (QED) is 0.107. The zero-order valence-electron chi connectivity index (χ0n) is 31.1. The van der Waals surface area contributed by atoms with E-state index < -0.39 is 48.4 Å². The SMILES string of the molecule is COc1ccc(C(=O)Nc2cccc(CN3C(=O)[C@]4(O[C@H](CC(=O)N5Cc6ccccc6C[C@H]5CO)[C@@H]([Si](C)(C)O)[C@@H]4C)c4cc([N+](=O)[O-])ccc43)c2)cc1. The van der Waals surface area contributed by atoms with Gasteiger partial charge in [0.2, 0.25) is 5.91 Å². The first-order valence-electron chi connectivity index (χ1n) is 18.3. The first-order chi connectivity index (χ1) is 26.2. The molecule has 0 aromatic heterocycles. The van der Waals surface area contributed by atoms with Crippen LogP contribution in [-0.4, -0.2) is 71.6 Å². The zero-order valence-corrected chi connectivity index (χ0v) is 32.1. The first-order valence-corrected chi connectivity index (χ1v) is 21.3. The van der Waals surface area contributed by atoms with Gasteiger partial charge in [0.1, 0.15) is 5.75 Å². The molecule has 3 amide bonds. The number of ether oxygens (including phenoxy) is 2. The molecule has 4 aromatic carbocycles. The van der Waals surface area contributed by atoms with Gasteiger partial charge in [-0.2, -0.15) is 0 Å². The molecule has 4 aromatic rings. The minimum Gasteiger partial charge on any atom is -0.497 e. The standard InChI is InChI=1S/C41H44N4O9Si/c1-25-38(55(3,4)52)36(21-37(47)43-23-29-10-6-5-9-28(29)19-32(43)24-46)54-41(25)34-20-31(45(50)51)14-17-35(34)44(40(41)49)22-26-8-7-11-30(18-26)42-39(48)27-12-15-33(53-2)16-13-27/h5-18,20,25,32,36,38,46,52H,19,21-24H2,1-4H3,(H,42,48)/t25-,32-,36+,38-,41+/m0/s1. The topological polar surface area (TPSA) is 172 Å². The normalized spacial score (nSPS) is 23.1. The van der Waals surface area contributed by atoms with E-state index in [0.29, 0.717) is 46.8 Å². The molecular formula is C41H44N4O9Si. The number of methoxy groups -OCH3 is 1. The molecule has 55 heavy (non-hydrogen) atoms. The number of nitro groups is 1. The second-order valence-electron chi connectivity index (χ2n) is 15.1. The third kappa shape index (κ3) is 6.90. The zero-order chi connectivity index (χ0) is 39.2. The van der Waals surface area contributed by atoms with E-state index in [1.54, 1.807) is 67.6 Å². The first kappa shape index (κ1) is 37.9. The van der Waals surface area contributed by atoms with Crippen molar-refractivity contribution >= 4 is 43.1 Å². The third-order valence-electron chi connectivity index (χ3n) is 11.3. The van der Waals surface area contributed by atoms with Crippen LogP contribution in [0.15, 0.2) is 91.0 Å². The van der Waals surface area contributed by atoms with E-state index in [1.807, 2.05) is 37.3 Å². The largest absolute Gasteiger partial charge is 0.497 e. The fraction of sp³-hybridized carbons (Fsp3) is 0.341. The van der Waals surface area contributed by atoms with Gasteiger partial charge in [0.25, 0.3) is 17.5 Å². The van der Waals surface area contributed by atoms with Crippen LogP contribution in [0.25, 0.3) is 0 Å². The molecule has 1 spiro atoms. The molecule has 0 radical (unpaired) electrons. The van der Waals surface area contributed by atoms with Gasteiger partial charge in [0.05, 0.1) is 49.4 Å². The predicted octanol–water partition coefficient (Wildman–Crippen LogP) is 5.54. The molecule has 0 unspecified atom stereocenters. The molecule has 3 N–H and O–H groups in total. The number of rotatable bonds is 10. The second kappa shape index (κ2) is 14.7. The number of hydrogen-bond acceptors (Lipinski definition) is 9. The summed E-state index contributed by atoms with van der Waals surface area (Å²) in [5.41, 5.74) is 1.84. The maximum absolute atomic E-state index is 15.0. The number of aliphatic hydroxyl groups excluding tert-OH is 1. The van der Waals surface area contributed by atoms with Gasteiger partial charge in [-0.05, 0) is 78.7 Å². The Labute approximate surface area is 319 Å². The van der Waals surface area contributed by atoms with Crippen LogP contribution in [0.4, 0.5) is 17.1 Å². The second-order valence-corrected chi connectivity index (χ2v) is 19.1. The molecule has 3 aliphatic rings. The minimum atomic E-state index is -3.18. The number of carbonyl (C=O) groups is 3. The number of non-ortho nitro benzene ring substituents is 1. The van der Waals surface area contributed by atoms with E-state index in [1.165, 1.54) is 23.1 Å². The van der Waals surface area contributed by atoms with E-state index in [-0.39, 0.29) is 37.1 Å². The molecule has 0 aliphatic carbocycles. The van der Waals surface area contributed by atoms with Crippen molar-refractivity contribution in [2.75, 3.05) is 23.9 Å². The van der Waals surface area contributed by atoms with E-state index >= 15 is 0 Å². The number of benzene rings is 4. The lowest BCUT2D eigenvalue weighted by atomic mass is 9.82. The molecule has 0 saturated carbocycles.